The molecule has 6 heteroatoms. The predicted octanol–water partition coefficient (Wildman–Crippen LogP) is 1.31. The van der Waals surface area contributed by atoms with E-state index in [9.17, 15) is 8.42 Å². The molecule has 0 bridgehead atoms. The maximum absolute atomic E-state index is 12.6. The van der Waals surface area contributed by atoms with Gasteiger partial charge in [0.25, 0.3) is 0 Å². The Morgan fingerprint density at radius 2 is 1.90 bits per heavy atom. The van der Waals surface area contributed by atoms with Gasteiger partial charge in [-0.3, -0.25) is 0 Å². The van der Waals surface area contributed by atoms with Crippen LogP contribution in [0, 0.1) is 0 Å². The maximum atomic E-state index is 12.6. The van der Waals surface area contributed by atoms with Gasteiger partial charge in [0, 0.05) is 38.9 Å². The Labute approximate surface area is 120 Å². The predicted molar refractivity (Wildman–Crippen MR) is 82.3 cm³/mol. The fourth-order valence-electron chi connectivity index (χ4n) is 2.28. The molecule has 20 heavy (non-hydrogen) atoms. The topological polar surface area (TPSA) is 52.7 Å². The van der Waals surface area contributed by atoms with Gasteiger partial charge in [0.05, 0.1) is 4.90 Å². The van der Waals surface area contributed by atoms with Crippen molar-refractivity contribution in [2.24, 2.45) is 0 Å². The molecule has 0 aromatic heterocycles. The van der Waals surface area contributed by atoms with Gasteiger partial charge in [-0.15, -0.1) is 0 Å². The molecule has 0 radical (unpaired) electrons. The van der Waals surface area contributed by atoms with Crippen LogP contribution in [0.5, 0.6) is 0 Å². The van der Waals surface area contributed by atoms with Crippen molar-refractivity contribution in [2.45, 2.75) is 4.90 Å². The highest BCUT2D eigenvalue weighted by Gasteiger charge is 2.27. The maximum Gasteiger partial charge on any atom is 0.243 e. The van der Waals surface area contributed by atoms with Crippen LogP contribution in [0.3, 0.4) is 0 Å². The summed E-state index contributed by atoms with van der Waals surface area (Å²) in [5.41, 5.74) is 1.67. The summed E-state index contributed by atoms with van der Waals surface area (Å²) in [7, 11) is 0.392. The van der Waals surface area contributed by atoms with Crippen molar-refractivity contribution in [3.63, 3.8) is 0 Å². The number of rotatable bonds is 4. The van der Waals surface area contributed by atoms with Gasteiger partial charge in [-0.1, -0.05) is 12.7 Å². The smallest absolute Gasteiger partial charge is 0.243 e. The van der Waals surface area contributed by atoms with Gasteiger partial charge in [-0.2, -0.15) is 4.31 Å². The van der Waals surface area contributed by atoms with Crippen molar-refractivity contribution < 1.29 is 8.42 Å². The number of nitrogens with zero attached hydrogens (tertiary/aromatic N) is 2. The van der Waals surface area contributed by atoms with Crippen molar-refractivity contribution in [3.8, 4) is 0 Å². The summed E-state index contributed by atoms with van der Waals surface area (Å²) in [6.45, 7) is 6.34. The zero-order valence-corrected chi connectivity index (χ0v) is 12.8. The second kappa shape index (κ2) is 5.95. The molecular weight excluding hydrogens is 274 g/mol. The van der Waals surface area contributed by atoms with Crippen molar-refractivity contribution >= 4 is 21.8 Å². The van der Waals surface area contributed by atoms with Crippen LogP contribution in [0.1, 0.15) is 5.56 Å². The number of likely N-dealkylation sites (N-methyl/N-ethyl adjacent to an activating group) is 1. The number of piperazine rings is 1. The van der Waals surface area contributed by atoms with Gasteiger partial charge in [-0.05, 0) is 30.8 Å². The molecular formula is C14H21N3O2S. The lowest BCUT2D eigenvalue weighted by molar-refractivity contribution is 0.222. The molecule has 1 N–H and O–H groups in total. The van der Waals surface area contributed by atoms with Gasteiger partial charge in [0.15, 0.2) is 0 Å². The molecule has 0 spiro atoms. The van der Waals surface area contributed by atoms with Crippen LogP contribution >= 0.6 is 0 Å². The largest absolute Gasteiger partial charge is 0.388 e. The van der Waals surface area contributed by atoms with E-state index in [-0.39, 0.29) is 0 Å². The van der Waals surface area contributed by atoms with E-state index in [4.69, 9.17) is 0 Å². The van der Waals surface area contributed by atoms with Crippen LogP contribution in [0.15, 0.2) is 29.7 Å². The van der Waals surface area contributed by atoms with E-state index >= 15 is 0 Å². The number of hydrogen-bond acceptors (Lipinski definition) is 4. The molecule has 0 aliphatic carbocycles. The van der Waals surface area contributed by atoms with E-state index in [1.165, 1.54) is 0 Å². The van der Waals surface area contributed by atoms with Crippen molar-refractivity contribution in [1.82, 2.24) is 9.21 Å². The average Bonchev–Trinajstić information content (AvgIpc) is 2.46. The van der Waals surface area contributed by atoms with E-state index in [0.717, 1.165) is 24.3 Å². The SMILES string of the molecule is C=Cc1cc(S(=O)(=O)N2CCN(C)CC2)ccc1NC. The minimum absolute atomic E-state index is 0.330. The van der Waals surface area contributed by atoms with Crippen LogP contribution in [0.2, 0.25) is 0 Å². The van der Waals surface area contributed by atoms with Crippen LogP contribution < -0.4 is 5.32 Å². The van der Waals surface area contributed by atoms with Gasteiger partial charge < -0.3 is 10.2 Å². The first kappa shape index (κ1) is 15.0. The second-order valence-electron chi connectivity index (χ2n) is 4.91. The fraction of sp³-hybridized carbons (Fsp3) is 0.429. The molecule has 0 atom stereocenters. The van der Waals surface area contributed by atoms with Crippen LogP contribution in [0.4, 0.5) is 5.69 Å². The van der Waals surface area contributed by atoms with E-state index in [2.05, 4.69) is 16.8 Å². The van der Waals surface area contributed by atoms with Crippen LogP contribution in [-0.4, -0.2) is 57.9 Å². The Morgan fingerprint density at radius 1 is 1.25 bits per heavy atom. The number of benzene rings is 1. The number of hydrogen-bond donors (Lipinski definition) is 1. The first-order valence-corrected chi connectivity index (χ1v) is 8.06. The highest BCUT2D eigenvalue weighted by atomic mass is 32.2. The average molecular weight is 295 g/mol. The van der Waals surface area contributed by atoms with E-state index in [0.29, 0.717) is 18.0 Å². The van der Waals surface area contributed by atoms with Gasteiger partial charge in [0.1, 0.15) is 0 Å². The summed E-state index contributed by atoms with van der Waals surface area (Å²) < 4.78 is 26.8. The van der Waals surface area contributed by atoms with E-state index < -0.39 is 10.0 Å². The minimum Gasteiger partial charge on any atom is -0.388 e. The molecule has 1 aliphatic rings. The lowest BCUT2D eigenvalue weighted by atomic mass is 10.2. The molecule has 1 saturated heterocycles. The lowest BCUT2D eigenvalue weighted by Gasteiger charge is -2.31. The van der Waals surface area contributed by atoms with Crippen LogP contribution in [-0.2, 0) is 10.0 Å². The molecule has 1 aromatic carbocycles. The summed E-state index contributed by atoms with van der Waals surface area (Å²) in [6.07, 6.45) is 1.66. The Morgan fingerprint density at radius 3 is 2.45 bits per heavy atom. The van der Waals surface area contributed by atoms with Gasteiger partial charge >= 0.3 is 0 Å². The third-order valence-corrected chi connectivity index (χ3v) is 5.51. The molecule has 1 fully saturated rings. The van der Waals surface area contributed by atoms with Gasteiger partial charge in [-0.25, -0.2) is 8.42 Å². The standard InChI is InChI=1S/C14H21N3O2S/c1-4-12-11-13(5-6-14(12)15-2)20(18,19)17-9-7-16(3)8-10-17/h4-6,11,15H,1,7-10H2,2-3H3. The number of nitrogens with one attached hydrogen (secondary N) is 1. The van der Waals surface area contributed by atoms with E-state index in [1.54, 1.807) is 35.6 Å². The molecule has 0 unspecified atom stereocenters. The Kier molecular flexibility index (Phi) is 4.47. The monoisotopic (exact) mass is 295 g/mol. The van der Waals surface area contributed by atoms with Crippen molar-refractivity contribution in [1.29, 1.82) is 0 Å². The molecule has 1 heterocycles. The summed E-state index contributed by atoms with van der Waals surface area (Å²) in [4.78, 5) is 2.46. The lowest BCUT2D eigenvalue weighted by Crippen LogP contribution is -2.47. The summed E-state index contributed by atoms with van der Waals surface area (Å²) in [5, 5.41) is 3.02. The summed E-state index contributed by atoms with van der Waals surface area (Å²) in [6, 6.07) is 5.10. The molecule has 0 saturated carbocycles. The first-order valence-electron chi connectivity index (χ1n) is 6.62. The quantitative estimate of drug-likeness (QED) is 0.910. The third-order valence-electron chi connectivity index (χ3n) is 3.61. The normalized spacial score (nSPS) is 17.9. The Bertz CT molecular complexity index is 590. The minimum atomic E-state index is -3.41. The molecule has 1 aliphatic heterocycles. The molecule has 110 valence electrons. The second-order valence-corrected chi connectivity index (χ2v) is 6.85. The van der Waals surface area contributed by atoms with E-state index in [1.807, 2.05) is 7.05 Å². The van der Waals surface area contributed by atoms with Gasteiger partial charge in [0.2, 0.25) is 10.0 Å². The zero-order chi connectivity index (χ0) is 14.8. The molecule has 5 nitrogen and oxygen atoms in total. The highest BCUT2D eigenvalue weighted by Crippen LogP contribution is 2.24. The highest BCUT2D eigenvalue weighted by molar-refractivity contribution is 7.89. The molecule has 2 rings (SSSR count). The van der Waals surface area contributed by atoms with Crippen LogP contribution in [0.25, 0.3) is 6.08 Å². The molecule has 1 aromatic rings. The summed E-state index contributed by atoms with van der Waals surface area (Å²) in [5.74, 6) is 0. The zero-order valence-electron chi connectivity index (χ0n) is 12.0. The van der Waals surface area contributed by atoms with Crippen molar-refractivity contribution in [3.05, 3.63) is 30.3 Å². The number of anilines is 1. The molecule has 0 amide bonds. The first-order chi connectivity index (χ1) is 9.48. The Balaban J connectivity index is 2.32. The summed E-state index contributed by atoms with van der Waals surface area (Å²) >= 11 is 0. The third kappa shape index (κ3) is 2.87. The Hall–Kier alpha value is -1.37. The van der Waals surface area contributed by atoms with Crippen molar-refractivity contribution in [2.75, 3.05) is 45.6 Å². The fourth-order valence-corrected chi connectivity index (χ4v) is 3.73. The number of sulfonamides is 1.